The molecule has 0 atom stereocenters. The highest BCUT2D eigenvalue weighted by molar-refractivity contribution is 7.08. The molecule has 140 valence electrons. The number of thiophene rings is 1. The van der Waals surface area contributed by atoms with E-state index in [2.05, 4.69) is 20.5 Å². The first kappa shape index (κ1) is 17.1. The first-order valence-corrected chi connectivity index (χ1v) is 9.85. The summed E-state index contributed by atoms with van der Waals surface area (Å²) in [7, 11) is 0. The molecule has 0 N–H and O–H groups in total. The highest BCUT2D eigenvalue weighted by atomic mass is 35.5. The van der Waals surface area contributed by atoms with Gasteiger partial charge in [0, 0.05) is 29.1 Å². The van der Waals surface area contributed by atoms with E-state index in [1.165, 1.54) is 0 Å². The van der Waals surface area contributed by atoms with E-state index in [4.69, 9.17) is 16.1 Å². The van der Waals surface area contributed by atoms with Gasteiger partial charge in [0.05, 0.1) is 6.54 Å². The largest absolute Gasteiger partial charge is 0.332 e. The molecule has 3 aromatic heterocycles. The van der Waals surface area contributed by atoms with Gasteiger partial charge < -0.3 is 9.42 Å². The molecule has 1 aliphatic heterocycles. The van der Waals surface area contributed by atoms with Crippen molar-refractivity contribution in [2.24, 2.45) is 0 Å². The Labute approximate surface area is 168 Å². The molecule has 5 rings (SSSR count). The molecule has 4 heterocycles. The first-order chi connectivity index (χ1) is 13.7. The van der Waals surface area contributed by atoms with Crippen molar-refractivity contribution in [3.8, 4) is 23.0 Å². The second-order valence-electron chi connectivity index (χ2n) is 6.30. The molecule has 0 saturated heterocycles. The van der Waals surface area contributed by atoms with Gasteiger partial charge in [-0.05, 0) is 29.1 Å². The number of hydrogen-bond acceptors (Lipinski definition) is 7. The second kappa shape index (κ2) is 6.84. The molecule has 0 radical (unpaired) electrons. The fraction of sp³-hybridized carbons (Fsp3) is 0.167. The molecule has 1 amide bonds. The Kier molecular flexibility index (Phi) is 4.18. The quantitative estimate of drug-likeness (QED) is 0.510. The molecule has 8 nitrogen and oxygen atoms in total. The zero-order valence-corrected chi connectivity index (χ0v) is 16.0. The van der Waals surface area contributed by atoms with Crippen LogP contribution in [0.4, 0.5) is 0 Å². The summed E-state index contributed by atoms with van der Waals surface area (Å²) < 4.78 is 6.94. The monoisotopic (exact) mass is 412 g/mol. The number of carbonyl (C=O) groups excluding carboxylic acids is 1. The van der Waals surface area contributed by atoms with Crippen LogP contribution in [-0.4, -0.2) is 42.5 Å². The lowest BCUT2D eigenvalue weighted by Gasteiger charge is -2.27. The highest BCUT2D eigenvalue weighted by Crippen LogP contribution is 2.27. The fourth-order valence-corrected chi connectivity index (χ4v) is 3.97. The van der Waals surface area contributed by atoms with E-state index < -0.39 is 0 Å². The van der Waals surface area contributed by atoms with Crippen LogP contribution in [0.5, 0.6) is 0 Å². The standard InChI is InChI=1S/C18H13ClN6O2S/c19-13-3-1-2-11(8-13)9-24-5-6-25-15(18(24)26)14(21-23-25)17-20-16(22-27-17)12-4-7-28-10-12/h1-4,7-8,10H,5-6,9H2. The van der Waals surface area contributed by atoms with E-state index in [-0.39, 0.29) is 11.8 Å². The van der Waals surface area contributed by atoms with Gasteiger partial charge in [-0.2, -0.15) is 16.3 Å². The molecule has 10 heteroatoms. The fourth-order valence-electron chi connectivity index (χ4n) is 3.13. The molecule has 0 aliphatic carbocycles. The van der Waals surface area contributed by atoms with Crippen molar-refractivity contribution < 1.29 is 9.32 Å². The lowest BCUT2D eigenvalue weighted by Crippen LogP contribution is -2.40. The predicted octanol–water partition coefficient (Wildman–Crippen LogP) is 3.37. The Morgan fingerprint density at radius 3 is 3.00 bits per heavy atom. The maximum absolute atomic E-state index is 13.1. The minimum atomic E-state index is -0.179. The van der Waals surface area contributed by atoms with Gasteiger partial charge in [0.25, 0.3) is 11.8 Å². The molecule has 0 spiro atoms. The van der Waals surface area contributed by atoms with Gasteiger partial charge in [-0.25, -0.2) is 4.68 Å². The van der Waals surface area contributed by atoms with Crippen LogP contribution >= 0.6 is 22.9 Å². The molecule has 4 aromatic rings. The van der Waals surface area contributed by atoms with Crippen LogP contribution < -0.4 is 0 Å². The molecule has 0 saturated carbocycles. The van der Waals surface area contributed by atoms with Crippen LogP contribution in [0, 0.1) is 0 Å². The molecule has 0 bridgehead atoms. The SMILES string of the molecule is O=C1c2c(-c3nc(-c4ccsc4)no3)nnn2CCN1Cc1cccc(Cl)c1. The van der Waals surface area contributed by atoms with E-state index in [1.54, 1.807) is 27.0 Å². The Balaban J connectivity index is 1.45. The summed E-state index contributed by atoms with van der Waals surface area (Å²) in [5.74, 6) is 0.457. The van der Waals surface area contributed by atoms with Crippen molar-refractivity contribution in [2.45, 2.75) is 13.1 Å². The lowest BCUT2D eigenvalue weighted by molar-refractivity contribution is 0.0684. The van der Waals surface area contributed by atoms with E-state index in [0.717, 1.165) is 11.1 Å². The number of nitrogens with zero attached hydrogens (tertiary/aromatic N) is 6. The highest BCUT2D eigenvalue weighted by Gasteiger charge is 2.32. The molecule has 28 heavy (non-hydrogen) atoms. The summed E-state index contributed by atoms with van der Waals surface area (Å²) in [4.78, 5) is 19.2. The van der Waals surface area contributed by atoms with Gasteiger partial charge in [-0.1, -0.05) is 34.1 Å². The van der Waals surface area contributed by atoms with Crippen molar-refractivity contribution in [2.75, 3.05) is 6.54 Å². The van der Waals surface area contributed by atoms with Crippen LogP contribution in [0.3, 0.4) is 0 Å². The van der Waals surface area contributed by atoms with Gasteiger partial charge in [0.1, 0.15) is 0 Å². The predicted molar refractivity (Wildman–Crippen MR) is 103 cm³/mol. The van der Waals surface area contributed by atoms with Gasteiger partial charge >= 0.3 is 0 Å². The van der Waals surface area contributed by atoms with E-state index in [1.807, 2.05) is 35.0 Å². The van der Waals surface area contributed by atoms with Gasteiger partial charge in [0.15, 0.2) is 11.4 Å². The maximum Gasteiger partial charge on any atom is 0.281 e. The molecule has 1 aromatic carbocycles. The summed E-state index contributed by atoms with van der Waals surface area (Å²) in [6, 6.07) is 9.37. The van der Waals surface area contributed by atoms with E-state index in [0.29, 0.717) is 41.9 Å². The Morgan fingerprint density at radius 2 is 2.18 bits per heavy atom. The zero-order valence-electron chi connectivity index (χ0n) is 14.4. The smallest absolute Gasteiger partial charge is 0.281 e. The van der Waals surface area contributed by atoms with Gasteiger partial charge in [-0.3, -0.25) is 4.79 Å². The minimum Gasteiger partial charge on any atom is -0.332 e. The van der Waals surface area contributed by atoms with Crippen LogP contribution in [0.15, 0.2) is 45.6 Å². The molecular weight excluding hydrogens is 400 g/mol. The molecule has 0 fully saturated rings. The topological polar surface area (TPSA) is 89.9 Å². The summed E-state index contributed by atoms with van der Waals surface area (Å²) in [5, 5.41) is 16.7. The van der Waals surface area contributed by atoms with Gasteiger partial charge in [0.2, 0.25) is 5.82 Å². The number of amides is 1. The van der Waals surface area contributed by atoms with Crippen LogP contribution in [0.1, 0.15) is 16.1 Å². The third-order valence-corrected chi connectivity index (χ3v) is 5.40. The number of hydrogen-bond donors (Lipinski definition) is 0. The number of halogens is 1. The summed E-state index contributed by atoms with van der Waals surface area (Å²) in [6.07, 6.45) is 0. The maximum atomic E-state index is 13.1. The number of fused-ring (bicyclic) bond motifs is 1. The van der Waals surface area contributed by atoms with E-state index in [9.17, 15) is 4.79 Å². The third kappa shape index (κ3) is 2.98. The third-order valence-electron chi connectivity index (χ3n) is 4.48. The minimum absolute atomic E-state index is 0.179. The van der Waals surface area contributed by atoms with Crippen molar-refractivity contribution in [3.05, 3.63) is 57.4 Å². The number of benzene rings is 1. The summed E-state index contributed by atoms with van der Waals surface area (Å²) in [6.45, 7) is 1.53. The number of aromatic nitrogens is 5. The average Bonchev–Trinajstić information content (AvgIpc) is 3.44. The molecule has 1 aliphatic rings. The normalized spacial score (nSPS) is 13.8. The zero-order chi connectivity index (χ0) is 19.1. The second-order valence-corrected chi connectivity index (χ2v) is 7.52. The number of carbonyl (C=O) groups is 1. The molecule has 0 unspecified atom stereocenters. The lowest BCUT2D eigenvalue weighted by atomic mass is 10.1. The van der Waals surface area contributed by atoms with Crippen LogP contribution in [0.2, 0.25) is 5.02 Å². The van der Waals surface area contributed by atoms with Gasteiger partial charge in [-0.15, -0.1) is 5.10 Å². The van der Waals surface area contributed by atoms with E-state index >= 15 is 0 Å². The van der Waals surface area contributed by atoms with Crippen LogP contribution in [-0.2, 0) is 13.1 Å². The average molecular weight is 413 g/mol. The molecular formula is C18H13ClN6O2S. The van der Waals surface area contributed by atoms with Crippen molar-refractivity contribution >= 4 is 28.8 Å². The Morgan fingerprint density at radius 1 is 1.25 bits per heavy atom. The summed E-state index contributed by atoms with van der Waals surface area (Å²) >= 11 is 7.60. The van der Waals surface area contributed by atoms with Crippen molar-refractivity contribution in [3.63, 3.8) is 0 Å². The first-order valence-electron chi connectivity index (χ1n) is 8.53. The van der Waals surface area contributed by atoms with Crippen LogP contribution in [0.25, 0.3) is 23.0 Å². The van der Waals surface area contributed by atoms with Crippen molar-refractivity contribution in [1.82, 2.24) is 30.0 Å². The Hall–Kier alpha value is -3.04. The Bertz CT molecular complexity index is 1150. The van der Waals surface area contributed by atoms with Crippen molar-refractivity contribution in [1.29, 1.82) is 0 Å². The summed E-state index contributed by atoms with van der Waals surface area (Å²) in [5.41, 5.74) is 2.47. The number of rotatable bonds is 4.